The molecule has 27 heteroatoms. The normalized spacial score (nSPS) is 21.7. The number of hydrogen-bond donors (Lipinski definition) is 5. The maximum Gasteiger partial charge on any atom is 0.264 e. The van der Waals surface area contributed by atoms with Gasteiger partial charge in [-0.1, -0.05) is 100 Å². The van der Waals surface area contributed by atoms with Crippen molar-refractivity contribution in [2.24, 2.45) is 21.7 Å². The van der Waals surface area contributed by atoms with Crippen molar-refractivity contribution in [1.82, 2.24) is 54.9 Å². The lowest BCUT2D eigenvalue weighted by atomic mass is 9.33. The molecule has 3 saturated carbocycles. The van der Waals surface area contributed by atoms with Crippen LogP contribution < -0.4 is 25.6 Å². The van der Waals surface area contributed by atoms with E-state index in [0.29, 0.717) is 54.4 Å². The Morgan fingerprint density at radius 3 is 2.19 bits per heavy atom. The van der Waals surface area contributed by atoms with Crippen molar-refractivity contribution in [3.8, 4) is 10.4 Å². The number of rotatable bonds is 35. The number of amides is 5. The quantitative estimate of drug-likeness (QED) is 0.0140. The van der Waals surface area contributed by atoms with E-state index in [4.69, 9.17) is 14.2 Å². The maximum atomic E-state index is 14.1. The fraction of sp³-hybridized carbons (Fsp3) is 0.566. The number of anilines is 2. The number of carbonyl (C=O) groups is 5. The molecule has 110 heavy (non-hydrogen) atoms. The Morgan fingerprint density at radius 1 is 0.809 bits per heavy atom. The van der Waals surface area contributed by atoms with Crippen LogP contribution in [0.4, 0.5) is 11.4 Å². The molecule has 3 saturated heterocycles. The highest BCUT2D eigenvalue weighted by Gasteiger charge is 2.67. The zero-order valence-electron chi connectivity index (χ0n) is 65.6. The molecule has 5 atom stereocenters. The number of nitrogens with zero attached hydrogens (tertiary/aromatic N) is 9. The van der Waals surface area contributed by atoms with E-state index in [-0.39, 0.29) is 87.0 Å². The maximum absolute atomic E-state index is 14.1. The summed E-state index contributed by atoms with van der Waals surface area (Å²) >= 11 is 3.33. The average Bonchev–Trinajstić information content (AvgIpc) is 0.783. The third-order valence-electron chi connectivity index (χ3n) is 22.9. The minimum absolute atomic E-state index is 0.0156. The van der Waals surface area contributed by atoms with Crippen molar-refractivity contribution in [1.29, 1.82) is 0 Å². The number of β-amino-alcohol motifs (C(OH)–C–C–N with tert-alkyl or cyclic N) is 1. The van der Waals surface area contributed by atoms with Crippen LogP contribution in [0, 0.1) is 35.5 Å². The summed E-state index contributed by atoms with van der Waals surface area (Å²) in [7, 11) is -4.19. The van der Waals surface area contributed by atoms with Gasteiger partial charge in [-0.25, -0.2) is 18.1 Å². The molecule has 0 spiro atoms. The van der Waals surface area contributed by atoms with Crippen LogP contribution in [0.5, 0.6) is 0 Å². The van der Waals surface area contributed by atoms with Gasteiger partial charge in [-0.05, 0) is 165 Å². The molecule has 0 radical (unpaired) electrons. The van der Waals surface area contributed by atoms with Crippen molar-refractivity contribution in [2.45, 2.75) is 180 Å². The lowest BCUT2D eigenvalue weighted by Crippen LogP contribution is -2.61. The summed E-state index contributed by atoms with van der Waals surface area (Å²) in [6.07, 6.45) is 10.6. The minimum atomic E-state index is -4.19. The summed E-state index contributed by atoms with van der Waals surface area (Å²) in [4.78, 5) is 85.3. The fourth-order valence-corrected chi connectivity index (χ4v) is 19.7. The van der Waals surface area contributed by atoms with Gasteiger partial charge in [-0.15, -0.1) is 28.2 Å². The summed E-state index contributed by atoms with van der Waals surface area (Å²) in [5.74, 6) is -1.15. The molecule has 5 N–H and O–H groups in total. The number of ether oxygens (including phenoxy) is 3. The van der Waals surface area contributed by atoms with Gasteiger partial charge in [0.2, 0.25) is 23.6 Å². The first kappa shape index (κ1) is 81.9. The second-order valence-electron chi connectivity index (χ2n) is 33.4. The first-order valence-corrected chi connectivity index (χ1v) is 42.5. The van der Waals surface area contributed by atoms with Crippen LogP contribution >= 0.6 is 23.1 Å². The number of sulfonamides is 1. The number of nitrogens with one attached hydrogen (secondary N) is 4. The number of piperazine rings is 2. The predicted octanol–water partition coefficient (Wildman–Crippen LogP) is 10.5. The van der Waals surface area contributed by atoms with Gasteiger partial charge in [0.25, 0.3) is 15.9 Å². The summed E-state index contributed by atoms with van der Waals surface area (Å²) in [6.45, 7) is 28.2. The Kier molecular flexibility index (Phi) is 26.8. The van der Waals surface area contributed by atoms with E-state index in [0.717, 1.165) is 108 Å². The van der Waals surface area contributed by atoms with Gasteiger partial charge in [0.1, 0.15) is 24.4 Å². The highest BCUT2D eigenvalue weighted by Crippen LogP contribution is 2.77. The first-order chi connectivity index (χ1) is 52.6. The number of carbonyl (C=O) groups excluding carboxylic acids is 5. The summed E-state index contributed by atoms with van der Waals surface area (Å²) in [5.41, 5.74) is 12.5. The van der Waals surface area contributed by atoms with Gasteiger partial charge in [0.05, 0.1) is 72.4 Å². The number of aromatic nitrogens is 4. The number of allylic oxidation sites excluding steroid dienone is 1. The molecule has 2 aromatic heterocycles. The third-order valence-corrected chi connectivity index (χ3v) is 26.3. The molecule has 3 aliphatic heterocycles. The standard InChI is InChI=1S/C83H113N13O11S3/c1-57-44-69(110(103,104)89-77(100)62-21-23-66(24-22-62)93-36-34-92(35-37-93)47-63-27-29-81(7,8)46-70(63)83-53-82(9,54-83)55-83)25-26-71(57)86-64(52-108-68-14-11-10-12-15-68)28-31-91-32-38-94(39-33-91)74(99)16-13-30-95-48-65(88-90-95)50-106-42-40-105-41-43-107-51-73(98)87-76(80(4,5)6)79(102)96-49-67(97)45-72(96)78(101)85-58(2)60-17-19-61(20-18-60)75-59(3)84-56-109-75/h10-12,14-15,17-26,44,48,56,58,64,67,72,76,86,97H,13,16,27-43,45-47,49-55H2,1-9H3,(H,85,101)(H,87,98)(H,89,100)/t58-,64+,67+,72-,76+,82?,83?/m0/s1. The number of likely N-dealkylation sites (tertiary alicyclic amines) is 1. The van der Waals surface area contributed by atoms with Crippen LogP contribution in [0.2, 0.25) is 0 Å². The molecule has 2 bridgehead atoms. The van der Waals surface area contributed by atoms with Gasteiger partial charge in [0, 0.05) is 125 Å². The number of benzene rings is 4. The molecule has 4 aromatic carbocycles. The molecule has 4 aliphatic carbocycles. The van der Waals surface area contributed by atoms with Gasteiger partial charge in [0.15, 0.2) is 0 Å². The molecule has 5 heterocycles. The van der Waals surface area contributed by atoms with E-state index in [1.54, 1.807) is 69.3 Å². The number of hydrogen-bond acceptors (Lipinski definition) is 20. The van der Waals surface area contributed by atoms with E-state index >= 15 is 0 Å². The molecular weight excluding hydrogens is 1450 g/mol. The van der Waals surface area contributed by atoms with Crippen LogP contribution in [-0.4, -0.2) is 218 Å². The zero-order valence-corrected chi connectivity index (χ0v) is 68.0. The van der Waals surface area contributed by atoms with Crippen molar-refractivity contribution >= 4 is 74.0 Å². The molecule has 6 aromatic rings. The van der Waals surface area contributed by atoms with E-state index < -0.39 is 51.3 Å². The van der Waals surface area contributed by atoms with E-state index in [9.17, 15) is 37.5 Å². The van der Waals surface area contributed by atoms with Gasteiger partial charge in [-0.2, -0.15) is 0 Å². The van der Waals surface area contributed by atoms with Crippen molar-refractivity contribution < 1.29 is 51.7 Å². The summed E-state index contributed by atoms with van der Waals surface area (Å²) in [5, 5.41) is 28.7. The molecule has 13 rings (SSSR count). The second kappa shape index (κ2) is 36.0. The van der Waals surface area contributed by atoms with Gasteiger partial charge in [-0.3, -0.25) is 38.5 Å². The number of aryl methyl sites for hydroxylation is 3. The Labute approximate surface area is 657 Å². The highest BCUT2D eigenvalue weighted by atomic mass is 32.2. The Balaban J connectivity index is 0.512. The fourth-order valence-electron chi connectivity index (χ4n) is 16.8. The predicted molar refractivity (Wildman–Crippen MR) is 429 cm³/mol. The number of aliphatic hydroxyl groups is 1. The lowest BCUT2D eigenvalue weighted by Gasteiger charge is -2.72. The number of thioether (sulfide) groups is 1. The average molecular weight is 1570 g/mol. The van der Waals surface area contributed by atoms with Gasteiger partial charge >= 0.3 is 0 Å². The Hall–Kier alpha value is -7.60. The SMILES string of the molecule is Cc1cc(S(=O)(=O)NC(=O)c2ccc(N3CCN(CC4=C(C56CC(C)(C5)C6)CC(C)(C)CC4)CC3)cc2)ccc1N[C@H](CCN1CCN(C(=O)CCCn2cc(COCCOCCOCC(=O)N[C@H](C(=O)N3C[C@H](O)C[C@H]3C(=O)N[C@@H](C)c3ccc(-c4scnc4C)cc3)C(C)(C)C)nn2)CC1)CSc1ccccc1. The van der Waals surface area contributed by atoms with Crippen molar-refractivity contribution in [3.05, 3.63) is 148 Å². The smallest absolute Gasteiger partial charge is 0.264 e. The molecule has 5 amide bonds. The lowest BCUT2D eigenvalue weighted by molar-refractivity contribution is -0.167. The van der Waals surface area contributed by atoms with E-state index in [2.05, 4.69) is 83.6 Å². The Morgan fingerprint density at radius 2 is 1.51 bits per heavy atom. The topological polar surface area (TPSA) is 275 Å². The molecule has 0 unspecified atom stereocenters. The molecule has 594 valence electrons. The minimum Gasteiger partial charge on any atom is -0.391 e. The summed E-state index contributed by atoms with van der Waals surface area (Å²) in [6, 6.07) is 28.2. The molecular formula is C83H113N13O11S3. The van der Waals surface area contributed by atoms with Crippen LogP contribution in [0.3, 0.4) is 0 Å². The molecule has 24 nitrogen and oxygen atoms in total. The van der Waals surface area contributed by atoms with Crippen LogP contribution in [-0.2, 0) is 56.6 Å². The highest BCUT2D eigenvalue weighted by molar-refractivity contribution is 7.99. The van der Waals surface area contributed by atoms with Crippen molar-refractivity contribution in [3.63, 3.8) is 0 Å². The largest absolute Gasteiger partial charge is 0.391 e. The van der Waals surface area contributed by atoms with Crippen LogP contribution in [0.15, 0.2) is 130 Å². The first-order valence-electron chi connectivity index (χ1n) is 39.2. The monoisotopic (exact) mass is 1560 g/mol. The van der Waals surface area contributed by atoms with Crippen LogP contribution in [0.1, 0.15) is 152 Å². The number of thiazole rings is 1. The Bertz CT molecular complexity index is 4280. The van der Waals surface area contributed by atoms with E-state index in [1.807, 2.05) is 113 Å². The molecule has 6 fully saturated rings. The van der Waals surface area contributed by atoms with Gasteiger partial charge < -0.3 is 50.0 Å². The number of aliphatic hydroxyl groups excluding tert-OH is 1. The van der Waals surface area contributed by atoms with Crippen LogP contribution in [0.25, 0.3) is 10.4 Å². The van der Waals surface area contributed by atoms with E-state index in [1.165, 1.54) is 43.4 Å². The molecule has 7 aliphatic rings. The zero-order chi connectivity index (χ0) is 78.0. The van der Waals surface area contributed by atoms with Crippen molar-refractivity contribution in [2.75, 3.05) is 121 Å². The summed E-state index contributed by atoms with van der Waals surface area (Å²) < 4.78 is 48.7. The third kappa shape index (κ3) is 21.2. The second-order valence-corrected chi connectivity index (χ2v) is 37.0.